The van der Waals surface area contributed by atoms with Crippen LogP contribution in [-0.4, -0.2) is 5.91 Å². The number of hydrogen-bond donors (Lipinski definition) is 2. The maximum Gasteiger partial charge on any atom is 0.255 e. The van der Waals surface area contributed by atoms with E-state index < -0.39 is 0 Å². The number of fused-ring (bicyclic) bond motifs is 1. The molecule has 0 bridgehead atoms. The summed E-state index contributed by atoms with van der Waals surface area (Å²) in [6, 6.07) is 14.7. The molecule has 0 aromatic heterocycles. The highest BCUT2D eigenvalue weighted by molar-refractivity contribution is 6.05. The van der Waals surface area contributed by atoms with Crippen molar-refractivity contribution in [3.05, 3.63) is 64.7 Å². The van der Waals surface area contributed by atoms with E-state index in [1.54, 1.807) is 24.3 Å². The lowest BCUT2D eigenvalue weighted by molar-refractivity contribution is 0.102. The van der Waals surface area contributed by atoms with E-state index in [9.17, 15) is 4.79 Å². The Morgan fingerprint density at radius 1 is 1.15 bits per heavy atom. The number of carbonyl (C=O) groups is 1. The number of nitrogens with zero attached hydrogens (tertiary/aromatic N) is 1. The van der Waals surface area contributed by atoms with Crippen molar-refractivity contribution in [3.8, 4) is 6.07 Å². The van der Waals surface area contributed by atoms with Gasteiger partial charge in [-0.3, -0.25) is 4.79 Å². The molecule has 0 fully saturated rings. The first-order valence-electron chi connectivity index (χ1n) is 6.41. The molecule has 1 aliphatic rings. The number of anilines is 1. The molecule has 4 nitrogen and oxygen atoms in total. The number of rotatable bonds is 2. The third-order valence-corrected chi connectivity index (χ3v) is 3.40. The SMILES string of the molecule is N#Cc1ccccc1NC(=O)c1ccc2c(c1)CNC2. The van der Waals surface area contributed by atoms with Crippen molar-refractivity contribution in [2.75, 3.05) is 5.32 Å². The van der Waals surface area contributed by atoms with Gasteiger partial charge in [-0.2, -0.15) is 5.26 Å². The second-order valence-corrected chi connectivity index (χ2v) is 4.70. The summed E-state index contributed by atoms with van der Waals surface area (Å²) in [6.45, 7) is 1.65. The molecule has 0 saturated heterocycles. The molecular formula is C16H13N3O. The Kier molecular flexibility index (Phi) is 3.20. The van der Waals surface area contributed by atoms with Gasteiger partial charge in [-0.25, -0.2) is 0 Å². The Morgan fingerprint density at radius 2 is 1.95 bits per heavy atom. The fraction of sp³-hybridized carbons (Fsp3) is 0.125. The van der Waals surface area contributed by atoms with Crippen LogP contribution >= 0.6 is 0 Å². The van der Waals surface area contributed by atoms with Gasteiger partial charge < -0.3 is 10.6 Å². The summed E-state index contributed by atoms with van der Waals surface area (Å²) in [5, 5.41) is 15.1. The topological polar surface area (TPSA) is 64.9 Å². The maximum absolute atomic E-state index is 12.2. The molecule has 20 heavy (non-hydrogen) atoms. The first-order chi connectivity index (χ1) is 9.78. The number of benzene rings is 2. The van der Waals surface area contributed by atoms with Gasteiger partial charge in [0, 0.05) is 18.7 Å². The third-order valence-electron chi connectivity index (χ3n) is 3.40. The van der Waals surface area contributed by atoms with Crippen molar-refractivity contribution < 1.29 is 4.79 Å². The fourth-order valence-corrected chi connectivity index (χ4v) is 2.32. The van der Waals surface area contributed by atoms with Crippen molar-refractivity contribution in [3.63, 3.8) is 0 Å². The highest BCUT2D eigenvalue weighted by atomic mass is 16.1. The summed E-state index contributed by atoms with van der Waals surface area (Å²) in [4.78, 5) is 12.2. The number of amides is 1. The van der Waals surface area contributed by atoms with Gasteiger partial charge in [0.2, 0.25) is 0 Å². The monoisotopic (exact) mass is 263 g/mol. The second-order valence-electron chi connectivity index (χ2n) is 4.70. The van der Waals surface area contributed by atoms with Crippen molar-refractivity contribution in [2.24, 2.45) is 0 Å². The fourth-order valence-electron chi connectivity index (χ4n) is 2.32. The van der Waals surface area contributed by atoms with Crippen LogP contribution in [0.25, 0.3) is 0 Å². The molecule has 0 radical (unpaired) electrons. The molecule has 0 atom stereocenters. The molecule has 1 heterocycles. The number of nitrogens with one attached hydrogen (secondary N) is 2. The van der Waals surface area contributed by atoms with Crippen molar-refractivity contribution >= 4 is 11.6 Å². The lowest BCUT2D eigenvalue weighted by atomic mass is 10.1. The summed E-state index contributed by atoms with van der Waals surface area (Å²) in [5.41, 5.74) is 4.01. The summed E-state index contributed by atoms with van der Waals surface area (Å²) in [5.74, 6) is -0.192. The van der Waals surface area contributed by atoms with Crippen molar-refractivity contribution in [1.29, 1.82) is 5.26 Å². The van der Waals surface area contributed by atoms with Gasteiger partial charge in [-0.15, -0.1) is 0 Å². The summed E-state index contributed by atoms with van der Waals surface area (Å²) in [6.07, 6.45) is 0. The van der Waals surface area contributed by atoms with Crippen molar-refractivity contribution in [2.45, 2.75) is 13.1 Å². The number of nitriles is 1. The highest BCUT2D eigenvalue weighted by Gasteiger charge is 2.14. The number of hydrogen-bond acceptors (Lipinski definition) is 3. The molecule has 0 aliphatic carbocycles. The summed E-state index contributed by atoms with van der Waals surface area (Å²) in [7, 11) is 0. The molecule has 0 saturated carbocycles. The van der Waals surface area contributed by atoms with E-state index in [1.165, 1.54) is 5.56 Å². The average molecular weight is 263 g/mol. The van der Waals surface area contributed by atoms with Crippen LogP contribution < -0.4 is 10.6 Å². The van der Waals surface area contributed by atoms with Crippen LogP contribution in [0.1, 0.15) is 27.0 Å². The quantitative estimate of drug-likeness (QED) is 0.874. The van der Waals surface area contributed by atoms with E-state index in [2.05, 4.69) is 16.7 Å². The van der Waals surface area contributed by atoms with Crippen LogP contribution in [-0.2, 0) is 13.1 Å². The Labute approximate surface area is 117 Å². The Morgan fingerprint density at radius 3 is 2.80 bits per heavy atom. The van der Waals surface area contributed by atoms with E-state index in [1.807, 2.05) is 18.2 Å². The Bertz CT molecular complexity index is 716. The second kappa shape index (κ2) is 5.16. The van der Waals surface area contributed by atoms with Gasteiger partial charge in [0.15, 0.2) is 0 Å². The van der Waals surface area contributed by atoms with Crippen molar-refractivity contribution in [1.82, 2.24) is 5.32 Å². The molecule has 3 rings (SSSR count). The predicted molar refractivity (Wildman–Crippen MR) is 76.1 cm³/mol. The first kappa shape index (κ1) is 12.4. The van der Waals surface area contributed by atoms with Gasteiger partial charge in [0.1, 0.15) is 6.07 Å². The summed E-state index contributed by atoms with van der Waals surface area (Å²) >= 11 is 0. The Hall–Kier alpha value is -2.64. The number of para-hydroxylation sites is 1. The molecule has 2 N–H and O–H groups in total. The molecule has 0 unspecified atom stereocenters. The summed E-state index contributed by atoms with van der Waals surface area (Å²) < 4.78 is 0. The predicted octanol–water partition coefficient (Wildman–Crippen LogP) is 2.41. The van der Waals surface area contributed by atoms with Crippen LogP contribution in [0.5, 0.6) is 0 Å². The zero-order valence-electron chi connectivity index (χ0n) is 10.8. The van der Waals surface area contributed by atoms with Gasteiger partial charge in [-0.05, 0) is 35.4 Å². The normalized spacial score (nSPS) is 12.6. The van der Waals surface area contributed by atoms with Crippen LogP contribution in [0.15, 0.2) is 42.5 Å². The zero-order chi connectivity index (χ0) is 13.9. The lowest BCUT2D eigenvalue weighted by Gasteiger charge is -2.08. The molecule has 1 amide bonds. The first-order valence-corrected chi connectivity index (χ1v) is 6.41. The third kappa shape index (κ3) is 2.27. The van der Waals surface area contributed by atoms with Gasteiger partial charge in [0.05, 0.1) is 11.3 Å². The van der Waals surface area contributed by atoms with E-state index in [-0.39, 0.29) is 5.91 Å². The zero-order valence-corrected chi connectivity index (χ0v) is 10.8. The van der Waals surface area contributed by atoms with Crippen LogP contribution in [0, 0.1) is 11.3 Å². The van der Waals surface area contributed by atoms with E-state index >= 15 is 0 Å². The molecule has 2 aromatic rings. The average Bonchev–Trinajstić information content (AvgIpc) is 2.95. The van der Waals surface area contributed by atoms with Crippen LogP contribution in [0.3, 0.4) is 0 Å². The molecule has 1 aliphatic heterocycles. The van der Waals surface area contributed by atoms with Gasteiger partial charge in [0.25, 0.3) is 5.91 Å². The molecule has 2 aromatic carbocycles. The maximum atomic E-state index is 12.2. The standard InChI is InChI=1S/C16H13N3O/c17-8-12-3-1-2-4-15(12)19-16(20)11-5-6-13-9-18-10-14(13)7-11/h1-7,18H,9-10H2,(H,19,20). The van der Waals surface area contributed by atoms with E-state index in [0.29, 0.717) is 16.8 Å². The lowest BCUT2D eigenvalue weighted by Crippen LogP contribution is -2.13. The Balaban J connectivity index is 1.85. The molecule has 0 spiro atoms. The largest absolute Gasteiger partial charge is 0.321 e. The van der Waals surface area contributed by atoms with E-state index in [4.69, 9.17) is 5.26 Å². The molecule has 98 valence electrons. The van der Waals surface area contributed by atoms with Crippen LogP contribution in [0.4, 0.5) is 5.69 Å². The van der Waals surface area contributed by atoms with Gasteiger partial charge >= 0.3 is 0 Å². The van der Waals surface area contributed by atoms with Gasteiger partial charge in [-0.1, -0.05) is 18.2 Å². The minimum atomic E-state index is -0.192. The smallest absolute Gasteiger partial charge is 0.255 e. The van der Waals surface area contributed by atoms with E-state index in [0.717, 1.165) is 18.7 Å². The minimum Gasteiger partial charge on any atom is -0.321 e. The number of carbonyl (C=O) groups excluding carboxylic acids is 1. The highest BCUT2D eigenvalue weighted by Crippen LogP contribution is 2.19. The molecule has 4 heteroatoms. The minimum absolute atomic E-state index is 0.192. The molecular weight excluding hydrogens is 250 g/mol. The van der Waals surface area contributed by atoms with Crippen LogP contribution in [0.2, 0.25) is 0 Å².